The van der Waals surface area contributed by atoms with Crippen molar-refractivity contribution in [2.24, 2.45) is 4.99 Å². The Kier molecular flexibility index (Phi) is 8.33. The number of aliphatic imine (C=N–C) groups is 1. The van der Waals surface area contributed by atoms with Crippen LogP contribution in [0.3, 0.4) is 0 Å². The zero-order chi connectivity index (χ0) is 14.6. The fourth-order valence-electron chi connectivity index (χ4n) is 2.11. The maximum atomic E-state index is 10.3. The number of hydrogen-bond donors (Lipinski definition) is 2. The number of halogens is 2. The van der Waals surface area contributed by atoms with Crippen LogP contribution in [-0.4, -0.2) is 53.7 Å². The van der Waals surface area contributed by atoms with E-state index in [1.54, 1.807) is 18.4 Å². The van der Waals surface area contributed by atoms with Crippen molar-refractivity contribution in [1.29, 1.82) is 0 Å². The largest absolute Gasteiger partial charge is 0.387 e. The van der Waals surface area contributed by atoms with Gasteiger partial charge >= 0.3 is 0 Å². The highest BCUT2D eigenvalue weighted by Crippen LogP contribution is 2.27. The van der Waals surface area contributed by atoms with Gasteiger partial charge in [0, 0.05) is 31.3 Å². The monoisotopic (exact) mass is 505 g/mol. The van der Waals surface area contributed by atoms with Crippen molar-refractivity contribution in [1.82, 2.24) is 10.2 Å². The average Bonchev–Trinajstić information content (AvgIpc) is 3.00. The second kappa shape index (κ2) is 8.95. The van der Waals surface area contributed by atoms with E-state index in [9.17, 15) is 5.11 Å². The molecule has 1 saturated heterocycles. The number of thiophene rings is 1. The summed E-state index contributed by atoms with van der Waals surface area (Å²) in [5.74, 6) is 2.66. The molecule has 0 aliphatic carbocycles. The van der Waals surface area contributed by atoms with Crippen LogP contribution < -0.4 is 5.32 Å². The molecule has 4 nitrogen and oxygen atoms in total. The number of rotatable bonds is 4. The Morgan fingerprint density at radius 2 is 2.33 bits per heavy atom. The molecule has 1 fully saturated rings. The molecule has 1 unspecified atom stereocenters. The lowest BCUT2D eigenvalue weighted by atomic mass is 10.0. The molecule has 1 aromatic rings. The lowest BCUT2D eigenvalue weighted by molar-refractivity contribution is 0.0718. The summed E-state index contributed by atoms with van der Waals surface area (Å²) in [5, 5.41) is 13.6. The van der Waals surface area contributed by atoms with Crippen LogP contribution >= 0.6 is 63.0 Å². The van der Waals surface area contributed by atoms with E-state index in [1.165, 1.54) is 4.88 Å². The van der Waals surface area contributed by atoms with E-state index in [4.69, 9.17) is 0 Å². The quantitative estimate of drug-likeness (QED) is 0.375. The molecule has 0 spiro atoms. The van der Waals surface area contributed by atoms with Crippen LogP contribution in [0.2, 0.25) is 0 Å². The summed E-state index contributed by atoms with van der Waals surface area (Å²) >= 11 is 7.01. The Labute approximate surface area is 159 Å². The number of hydrogen-bond acceptors (Lipinski definition) is 4. The summed E-state index contributed by atoms with van der Waals surface area (Å²) in [5.41, 5.74) is -0.590. The van der Waals surface area contributed by atoms with Crippen molar-refractivity contribution in [2.45, 2.75) is 18.6 Å². The predicted molar refractivity (Wildman–Crippen MR) is 107 cm³/mol. The van der Waals surface area contributed by atoms with Crippen molar-refractivity contribution in [3.8, 4) is 0 Å². The molecule has 2 rings (SSSR count). The topological polar surface area (TPSA) is 47.9 Å². The van der Waals surface area contributed by atoms with Crippen LogP contribution in [0.25, 0.3) is 0 Å². The van der Waals surface area contributed by atoms with Crippen LogP contribution in [0.15, 0.2) is 20.9 Å². The van der Waals surface area contributed by atoms with Crippen molar-refractivity contribution in [2.75, 3.05) is 32.1 Å². The van der Waals surface area contributed by atoms with Gasteiger partial charge in [0.2, 0.25) is 0 Å². The van der Waals surface area contributed by atoms with Crippen molar-refractivity contribution in [3.05, 3.63) is 20.8 Å². The minimum Gasteiger partial charge on any atom is -0.387 e. The third-order valence-corrected chi connectivity index (χ3v) is 6.10. The standard InChI is InChI=1S/C13H20BrN3OS2.HI/c1-15-12(16-8-13(18)5-6-19-9-13)17(2)7-10-3-4-11(14)20-10;/h3-4,18H,5-9H2,1-2H3,(H,15,16);1H. The Balaban J connectivity index is 0.00000220. The molecule has 1 aromatic heterocycles. The van der Waals surface area contributed by atoms with Gasteiger partial charge in [-0.15, -0.1) is 35.3 Å². The second-order valence-corrected chi connectivity index (χ2v) is 8.64. The van der Waals surface area contributed by atoms with Gasteiger partial charge in [-0.3, -0.25) is 4.99 Å². The molecule has 1 aliphatic rings. The number of nitrogens with one attached hydrogen (secondary N) is 1. The van der Waals surface area contributed by atoms with Gasteiger partial charge in [0.15, 0.2) is 5.96 Å². The summed E-state index contributed by atoms with van der Waals surface area (Å²) in [6, 6.07) is 4.17. The Morgan fingerprint density at radius 3 is 2.86 bits per heavy atom. The van der Waals surface area contributed by atoms with Crippen LogP contribution in [0.4, 0.5) is 0 Å². The van der Waals surface area contributed by atoms with Crippen LogP contribution in [0.1, 0.15) is 11.3 Å². The van der Waals surface area contributed by atoms with E-state index in [-0.39, 0.29) is 24.0 Å². The maximum absolute atomic E-state index is 10.3. The van der Waals surface area contributed by atoms with Gasteiger partial charge in [-0.2, -0.15) is 11.8 Å². The van der Waals surface area contributed by atoms with E-state index in [0.29, 0.717) is 6.54 Å². The summed E-state index contributed by atoms with van der Waals surface area (Å²) in [7, 11) is 3.78. The van der Waals surface area contributed by atoms with Gasteiger partial charge in [-0.1, -0.05) is 0 Å². The van der Waals surface area contributed by atoms with Crippen LogP contribution in [0.5, 0.6) is 0 Å². The van der Waals surface area contributed by atoms with Gasteiger partial charge in [0.05, 0.1) is 15.9 Å². The van der Waals surface area contributed by atoms with E-state index < -0.39 is 5.60 Å². The molecule has 120 valence electrons. The van der Waals surface area contributed by atoms with Crippen molar-refractivity contribution >= 4 is 69.0 Å². The molecular weight excluding hydrogens is 485 g/mol. The summed E-state index contributed by atoms with van der Waals surface area (Å²) in [6.07, 6.45) is 0.850. The predicted octanol–water partition coefficient (Wildman–Crippen LogP) is 3.00. The first-order valence-corrected chi connectivity index (χ1v) is 9.25. The maximum Gasteiger partial charge on any atom is 0.193 e. The highest BCUT2D eigenvalue weighted by molar-refractivity contribution is 14.0. The number of nitrogens with zero attached hydrogens (tertiary/aromatic N) is 2. The summed E-state index contributed by atoms with van der Waals surface area (Å²) < 4.78 is 1.14. The molecule has 2 heterocycles. The van der Waals surface area contributed by atoms with E-state index in [1.807, 2.05) is 18.8 Å². The lowest BCUT2D eigenvalue weighted by Crippen LogP contribution is -2.47. The van der Waals surface area contributed by atoms with Gasteiger partial charge in [-0.05, 0) is 40.2 Å². The first-order valence-electron chi connectivity index (χ1n) is 6.48. The number of guanidine groups is 1. The summed E-state index contributed by atoms with van der Waals surface area (Å²) in [6.45, 7) is 1.37. The third kappa shape index (κ3) is 5.89. The minimum atomic E-state index is -0.590. The number of thioether (sulfide) groups is 1. The van der Waals surface area contributed by atoms with Gasteiger partial charge in [-0.25, -0.2) is 0 Å². The first kappa shape index (κ1) is 19.5. The molecule has 21 heavy (non-hydrogen) atoms. The zero-order valence-electron chi connectivity index (χ0n) is 12.1. The van der Waals surface area contributed by atoms with Crippen molar-refractivity contribution in [3.63, 3.8) is 0 Å². The fraction of sp³-hybridized carbons (Fsp3) is 0.615. The SMILES string of the molecule is CN=C(NCC1(O)CCSC1)N(C)Cc1ccc(Br)s1.I. The molecule has 1 aliphatic heterocycles. The average molecular weight is 506 g/mol. The Bertz CT molecular complexity index is 478. The molecule has 0 bridgehead atoms. The Morgan fingerprint density at radius 1 is 1.57 bits per heavy atom. The normalized spacial score (nSPS) is 22.0. The molecule has 8 heteroatoms. The highest BCUT2D eigenvalue weighted by Gasteiger charge is 2.31. The first-order chi connectivity index (χ1) is 9.52. The highest BCUT2D eigenvalue weighted by atomic mass is 127. The molecule has 2 N–H and O–H groups in total. The second-order valence-electron chi connectivity index (χ2n) is 4.99. The van der Waals surface area contributed by atoms with Crippen LogP contribution in [-0.2, 0) is 6.54 Å². The fourth-order valence-corrected chi connectivity index (χ4v) is 4.94. The molecule has 0 saturated carbocycles. The minimum absolute atomic E-state index is 0. The Hall–Kier alpha value is 0.490. The van der Waals surface area contributed by atoms with E-state index in [2.05, 4.69) is 43.3 Å². The third-order valence-electron chi connectivity index (χ3n) is 3.25. The molecular formula is C13H21BrIN3OS2. The molecule has 0 aromatic carbocycles. The summed E-state index contributed by atoms with van der Waals surface area (Å²) in [4.78, 5) is 7.64. The van der Waals surface area contributed by atoms with E-state index in [0.717, 1.165) is 34.2 Å². The molecule has 0 radical (unpaired) electrons. The van der Waals surface area contributed by atoms with Crippen molar-refractivity contribution < 1.29 is 5.11 Å². The van der Waals surface area contributed by atoms with Gasteiger partial charge < -0.3 is 15.3 Å². The zero-order valence-corrected chi connectivity index (χ0v) is 17.7. The van der Waals surface area contributed by atoms with Crippen LogP contribution in [0, 0.1) is 0 Å². The van der Waals surface area contributed by atoms with E-state index >= 15 is 0 Å². The number of aliphatic hydroxyl groups is 1. The van der Waals surface area contributed by atoms with Gasteiger partial charge in [0.25, 0.3) is 0 Å². The molecule has 0 amide bonds. The smallest absolute Gasteiger partial charge is 0.193 e. The lowest BCUT2D eigenvalue weighted by Gasteiger charge is -2.26. The molecule has 1 atom stereocenters. The van der Waals surface area contributed by atoms with Gasteiger partial charge in [0.1, 0.15) is 0 Å².